The average Bonchev–Trinajstić information content (AvgIpc) is 3.08. The first kappa shape index (κ1) is 13.1. The summed E-state index contributed by atoms with van der Waals surface area (Å²) in [6, 6.07) is 17.8. The molecule has 0 bridgehead atoms. The molecule has 2 heterocycles. The Morgan fingerprint density at radius 3 is 2.50 bits per heavy atom. The molecule has 22 heavy (non-hydrogen) atoms. The fraction of sp³-hybridized carbons (Fsp3) is 0.0588. The second-order valence-electron chi connectivity index (χ2n) is 5.10. The highest BCUT2D eigenvalue weighted by molar-refractivity contribution is 6.32. The number of fused-ring (bicyclic) bond motifs is 1. The van der Waals surface area contributed by atoms with Gasteiger partial charge in [-0.25, -0.2) is 9.67 Å². The molecule has 0 amide bonds. The van der Waals surface area contributed by atoms with Crippen LogP contribution in [-0.2, 0) is 0 Å². The van der Waals surface area contributed by atoms with Gasteiger partial charge >= 0.3 is 0 Å². The maximum Gasteiger partial charge on any atom is 0.144 e. The number of H-pyrrole nitrogens is 1. The molecular weight excluding hydrogens is 296 g/mol. The topological polar surface area (TPSA) is 46.5 Å². The predicted octanol–water partition coefficient (Wildman–Crippen LogP) is 4.38. The van der Waals surface area contributed by atoms with E-state index in [1.807, 2.05) is 61.5 Å². The van der Waals surface area contributed by atoms with Crippen LogP contribution < -0.4 is 0 Å². The third-order valence-corrected chi connectivity index (χ3v) is 3.98. The quantitative estimate of drug-likeness (QED) is 0.597. The summed E-state index contributed by atoms with van der Waals surface area (Å²) in [5, 5.41) is 5.11. The van der Waals surface area contributed by atoms with Crippen molar-refractivity contribution in [2.24, 2.45) is 0 Å². The van der Waals surface area contributed by atoms with Gasteiger partial charge in [0.05, 0.1) is 28.0 Å². The first-order valence-electron chi connectivity index (χ1n) is 7.00. The highest BCUT2D eigenvalue weighted by atomic mass is 35.5. The van der Waals surface area contributed by atoms with Crippen LogP contribution in [0.15, 0.2) is 54.6 Å². The zero-order valence-electron chi connectivity index (χ0n) is 11.9. The van der Waals surface area contributed by atoms with E-state index in [0.717, 1.165) is 33.8 Å². The number of nitrogens with one attached hydrogen (secondary N) is 1. The Hall–Kier alpha value is -2.59. The molecule has 108 valence electrons. The molecule has 0 radical (unpaired) electrons. The molecule has 0 aliphatic heterocycles. The smallest absolute Gasteiger partial charge is 0.144 e. The molecule has 4 nitrogen and oxygen atoms in total. The van der Waals surface area contributed by atoms with E-state index in [9.17, 15) is 0 Å². The predicted molar refractivity (Wildman–Crippen MR) is 88.4 cm³/mol. The summed E-state index contributed by atoms with van der Waals surface area (Å²) >= 11 is 6.57. The maximum absolute atomic E-state index is 6.57. The number of aromatic nitrogens is 4. The summed E-state index contributed by atoms with van der Waals surface area (Å²) in [6.07, 6.45) is 0. The fourth-order valence-electron chi connectivity index (χ4n) is 2.58. The van der Waals surface area contributed by atoms with Crippen molar-refractivity contribution >= 4 is 22.6 Å². The van der Waals surface area contributed by atoms with Gasteiger partial charge in [0.1, 0.15) is 11.0 Å². The van der Waals surface area contributed by atoms with Gasteiger partial charge in [0.15, 0.2) is 0 Å². The van der Waals surface area contributed by atoms with Crippen molar-refractivity contribution in [3.8, 4) is 17.1 Å². The molecule has 0 unspecified atom stereocenters. The Morgan fingerprint density at radius 1 is 1.00 bits per heavy atom. The third kappa shape index (κ3) is 2.00. The largest absolute Gasteiger partial charge is 0.338 e. The minimum Gasteiger partial charge on any atom is -0.338 e. The molecule has 1 N–H and O–H groups in total. The zero-order valence-corrected chi connectivity index (χ0v) is 12.7. The lowest BCUT2D eigenvalue weighted by molar-refractivity contribution is 0.863. The third-order valence-electron chi connectivity index (χ3n) is 3.63. The van der Waals surface area contributed by atoms with Crippen molar-refractivity contribution in [2.45, 2.75) is 6.92 Å². The van der Waals surface area contributed by atoms with Gasteiger partial charge in [-0.15, -0.1) is 0 Å². The van der Waals surface area contributed by atoms with E-state index >= 15 is 0 Å². The number of para-hydroxylation sites is 3. The molecule has 2 aromatic carbocycles. The molecule has 0 aliphatic carbocycles. The Labute approximate surface area is 132 Å². The monoisotopic (exact) mass is 308 g/mol. The Bertz CT molecular complexity index is 920. The Kier molecular flexibility index (Phi) is 2.98. The summed E-state index contributed by atoms with van der Waals surface area (Å²) in [4.78, 5) is 7.93. The molecule has 0 atom stereocenters. The van der Waals surface area contributed by atoms with Crippen LogP contribution in [0.5, 0.6) is 0 Å². The van der Waals surface area contributed by atoms with Gasteiger partial charge in [0, 0.05) is 0 Å². The highest BCUT2D eigenvalue weighted by Crippen LogP contribution is 2.32. The standard InChI is InChI=1S/C17H13ClN4/c1-11-15(17-19-13-9-5-6-10-14(13)20-17)16(18)22(21-11)12-7-3-2-4-8-12/h2-10H,1H3,(H,19,20). The zero-order chi connectivity index (χ0) is 15.1. The molecule has 0 aliphatic rings. The number of hydrogen-bond acceptors (Lipinski definition) is 2. The highest BCUT2D eigenvalue weighted by Gasteiger charge is 2.19. The van der Waals surface area contributed by atoms with E-state index in [0.29, 0.717) is 5.15 Å². The van der Waals surface area contributed by atoms with Crippen molar-refractivity contribution in [2.75, 3.05) is 0 Å². The maximum atomic E-state index is 6.57. The van der Waals surface area contributed by atoms with E-state index in [1.165, 1.54) is 0 Å². The molecule has 4 aromatic rings. The van der Waals surface area contributed by atoms with Crippen LogP contribution >= 0.6 is 11.6 Å². The molecule has 0 saturated carbocycles. The van der Waals surface area contributed by atoms with E-state index in [-0.39, 0.29) is 0 Å². The molecule has 0 fully saturated rings. The minimum atomic E-state index is 0.558. The lowest BCUT2D eigenvalue weighted by atomic mass is 10.2. The van der Waals surface area contributed by atoms with Crippen LogP contribution in [0.2, 0.25) is 5.15 Å². The second-order valence-corrected chi connectivity index (χ2v) is 5.46. The molecule has 0 saturated heterocycles. The number of halogens is 1. The van der Waals surface area contributed by atoms with Gasteiger partial charge in [-0.2, -0.15) is 5.10 Å². The molecule has 2 aromatic heterocycles. The fourth-order valence-corrected chi connectivity index (χ4v) is 2.94. The van der Waals surface area contributed by atoms with Gasteiger partial charge in [-0.1, -0.05) is 41.9 Å². The lowest BCUT2D eigenvalue weighted by Crippen LogP contribution is -1.95. The number of rotatable bonds is 2. The minimum absolute atomic E-state index is 0.558. The number of nitrogens with zero attached hydrogens (tertiary/aromatic N) is 3. The Balaban J connectivity index is 1.91. The van der Waals surface area contributed by atoms with Crippen molar-refractivity contribution in [3.63, 3.8) is 0 Å². The summed E-state index contributed by atoms with van der Waals surface area (Å²) in [7, 11) is 0. The van der Waals surface area contributed by atoms with E-state index in [2.05, 4.69) is 15.1 Å². The molecular formula is C17H13ClN4. The van der Waals surface area contributed by atoms with Crippen LogP contribution in [-0.4, -0.2) is 19.7 Å². The van der Waals surface area contributed by atoms with Crippen LogP contribution in [0, 0.1) is 6.92 Å². The second kappa shape index (κ2) is 5.00. The van der Waals surface area contributed by atoms with Crippen LogP contribution in [0.25, 0.3) is 28.1 Å². The normalized spacial score (nSPS) is 11.2. The van der Waals surface area contributed by atoms with Gasteiger partial charge in [-0.3, -0.25) is 0 Å². The molecule has 0 spiro atoms. The van der Waals surface area contributed by atoms with E-state index in [4.69, 9.17) is 11.6 Å². The summed E-state index contributed by atoms with van der Waals surface area (Å²) in [5.41, 5.74) is 4.51. The number of hydrogen-bond donors (Lipinski definition) is 1. The van der Waals surface area contributed by atoms with Crippen molar-refractivity contribution in [1.82, 2.24) is 19.7 Å². The van der Waals surface area contributed by atoms with Gasteiger partial charge in [-0.05, 0) is 31.2 Å². The van der Waals surface area contributed by atoms with Crippen molar-refractivity contribution < 1.29 is 0 Å². The summed E-state index contributed by atoms with van der Waals surface area (Å²) < 4.78 is 1.74. The van der Waals surface area contributed by atoms with Crippen LogP contribution in [0.1, 0.15) is 5.69 Å². The van der Waals surface area contributed by atoms with Gasteiger partial charge in [0.2, 0.25) is 0 Å². The van der Waals surface area contributed by atoms with Crippen molar-refractivity contribution in [3.05, 3.63) is 65.4 Å². The summed E-state index contributed by atoms with van der Waals surface area (Å²) in [6.45, 7) is 1.94. The number of imidazole rings is 1. The number of aryl methyl sites for hydroxylation is 1. The van der Waals surface area contributed by atoms with E-state index in [1.54, 1.807) is 4.68 Å². The first-order chi connectivity index (χ1) is 10.7. The Morgan fingerprint density at radius 2 is 1.73 bits per heavy atom. The number of aromatic amines is 1. The summed E-state index contributed by atoms with van der Waals surface area (Å²) in [5.74, 6) is 0.742. The van der Waals surface area contributed by atoms with Crippen LogP contribution in [0.4, 0.5) is 0 Å². The molecule has 5 heteroatoms. The lowest BCUT2D eigenvalue weighted by Gasteiger charge is -2.02. The SMILES string of the molecule is Cc1nn(-c2ccccc2)c(Cl)c1-c1nc2ccccc2[nH]1. The van der Waals surface area contributed by atoms with E-state index < -0.39 is 0 Å². The number of benzene rings is 2. The first-order valence-corrected chi connectivity index (χ1v) is 7.37. The van der Waals surface area contributed by atoms with Gasteiger partial charge in [0.25, 0.3) is 0 Å². The van der Waals surface area contributed by atoms with Crippen molar-refractivity contribution in [1.29, 1.82) is 0 Å². The van der Waals surface area contributed by atoms with Crippen LogP contribution in [0.3, 0.4) is 0 Å². The van der Waals surface area contributed by atoms with Gasteiger partial charge < -0.3 is 4.98 Å². The molecule has 4 rings (SSSR count). The average molecular weight is 309 g/mol.